The van der Waals surface area contributed by atoms with Crippen LogP contribution in [0.3, 0.4) is 0 Å². The van der Waals surface area contributed by atoms with Crippen molar-refractivity contribution in [2.24, 2.45) is 0 Å². The molecular weight excluding hydrogens is 262 g/mol. The highest BCUT2D eigenvalue weighted by Gasteiger charge is 2.29. The zero-order chi connectivity index (χ0) is 14.8. The first-order valence-corrected chi connectivity index (χ1v) is 7.25. The molecule has 3 nitrogen and oxygen atoms in total. The molecule has 1 aliphatic rings. The van der Waals surface area contributed by atoms with Crippen molar-refractivity contribution < 1.29 is 9.53 Å². The molecule has 3 rings (SSSR count). The topological polar surface area (TPSA) is 38.3 Å². The number of carbonyl (C=O) groups excluding carboxylic acids is 1. The maximum absolute atomic E-state index is 12.3. The summed E-state index contributed by atoms with van der Waals surface area (Å²) >= 11 is 0. The smallest absolute Gasteiger partial charge is 0.261 e. The van der Waals surface area contributed by atoms with Crippen LogP contribution in [0.1, 0.15) is 29.7 Å². The summed E-state index contributed by atoms with van der Waals surface area (Å²) in [5.74, 6) is 0.764. The van der Waals surface area contributed by atoms with Crippen LogP contribution in [-0.4, -0.2) is 12.0 Å². The van der Waals surface area contributed by atoms with Crippen molar-refractivity contribution in [2.45, 2.75) is 32.4 Å². The van der Waals surface area contributed by atoms with E-state index in [0.717, 1.165) is 16.9 Å². The number of fused-ring (bicyclic) bond motifs is 1. The number of aryl methyl sites for hydroxylation is 1. The maximum atomic E-state index is 12.3. The predicted molar refractivity (Wildman–Crippen MR) is 82.3 cm³/mol. The molecule has 0 spiro atoms. The molecule has 2 aromatic rings. The van der Waals surface area contributed by atoms with Crippen molar-refractivity contribution in [2.75, 3.05) is 0 Å². The van der Waals surface area contributed by atoms with Crippen molar-refractivity contribution in [1.82, 2.24) is 5.32 Å². The summed E-state index contributed by atoms with van der Waals surface area (Å²) in [7, 11) is 0. The normalized spacial score (nSPS) is 17.7. The number of hydrogen-bond acceptors (Lipinski definition) is 2. The molecular formula is C18H19NO2. The molecule has 1 N–H and O–H groups in total. The van der Waals surface area contributed by atoms with Crippen molar-refractivity contribution in [1.29, 1.82) is 0 Å². The van der Waals surface area contributed by atoms with Gasteiger partial charge in [-0.25, -0.2) is 0 Å². The van der Waals surface area contributed by atoms with E-state index in [0.29, 0.717) is 6.42 Å². The second-order valence-corrected chi connectivity index (χ2v) is 5.56. The molecule has 1 amide bonds. The van der Waals surface area contributed by atoms with Gasteiger partial charge in [0.05, 0.1) is 6.04 Å². The summed E-state index contributed by atoms with van der Waals surface area (Å²) in [6.07, 6.45) is 0.220. The minimum absolute atomic E-state index is 0.0228. The molecule has 3 heteroatoms. The van der Waals surface area contributed by atoms with E-state index in [1.165, 1.54) is 5.56 Å². The number of para-hydroxylation sites is 1. The van der Waals surface area contributed by atoms with Crippen LogP contribution in [0.25, 0.3) is 0 Å². The van der Waals surface area contributed by atoms with Gasteiger partial charge in [0.15, 0.2) is 6.10 Å². The molecule has 1 heterocycles. The zero-order valence-corrected chi connectivity index (χ0v) is 12.3. The Balaban J connectivity index is 1.64. The fraction of sp³-hybridized carbons (Fsp3) is 0.278. The second kappa shape index (κ2) is 5.60. The highest BCUT2D eigenvalue weighted by atomic mass is 16.5. The van der Waals surface area contributed by atoms with E-state index in [9.17, 15) is 4.79 Å². The first kappa shape index (κ1) is 13.7. The minimum Gasteiger partial charge on any atom is -0.480 e. The van der Waals surface area contributed by atoms with Gasteiger partial charge in [0, 0.05) is 6.42 Å². The van der Waals surface area contributed by atoms with E-state index in [4.69, 9.17) is 4.74 Å². The summed E-state index contributed by atoms with van der Waals surface area (Å²) in [6, 6.07) is 16.0. The summed E-state index contributed by atoms with van der Waals surface area (Å²) in [5, 5.41) is 3.03. The Bertz CT molecular complexity index is 624. The number of rotatable bonds is 3. The van der Waals surface area contributed by atoms with Gasteiger partial charge < -0.3 is 10.1 Å². The maximum Gasteiger partial charge on any atom is 0.261 e. The van der Waals surface area contributed by atoms with Crippen LogP contribution in [-0.2, 0) is 11.2 Å². The lowest BCUT2D eigenvalue weighted by molar-refractivity contribution is -0.127. The molecule has 0 saturated carbocycles. The van der Waals surface area contributed by atoms with Crippen LogP contribution in [0.5, 0.6) is 5.75 Å². The Morgan fingerprint density at radius 1 is 1.19 bits per heavy atom. The minimum atomic E-state index is -0.421. The lowest BCUT2D eigenvalue weighted by Gasteiger charge is -2.17. The SMILES string of the molecule is Cc1ccc(C(C)NC(=O)C2Cc3ccccc3O2)cc1. The molecule has 108 valence electrons. The van der Waals surface area contributed by atoms with Gasteiger partial charge in [-0.3, -0.25) is 4.79 Å². The zero-order valence-electron chi connectivity index (χ0n) is 12.3. The van der Waals surface area contributed by atoms with E-state index < -0.39 is 6.10 Å². The highest BCUT2D eigenvalue weighted by Crippen LogP contribution is 2.28. The summed E-state index contributed by atoms with van der Waals surface area (Å²) < 4.78 is 5.71. The fourth-order valence-electron chi connectivity index (χ4n) is 2.57. The molecule has 2 aromatic carbocycles. The van der Waals surface area contributed by atoms with Crippen molar-refractivity contribution in [3.63, 3.8) is 0 Å². The van der Waals surface area contributed by atoms with Crippen molar-refractivity contribution in [3.05, 3.63) is 65.2 Å². The largest absolute Gasteiger partial charge is 0.480 e. The van der Waals surface area contributed by atoms with Gasteiger partial charge in [0.2, 0.25) is 0 Å². The van der Waals surface area contributed by atoms with Crippen LogP contribution in [0, 0.1) is 6.92 Å². The summed E-state index contributed by atoms with van der Waals surface area (Å²) in [6.45, 7) is 4.04. The number of hydrogen-bond donors (Lipinski definition) is 1. The Morgan fingerprint density at radius 3 is 2.62 bits per heavy atom. The molecule has 21 heavy (non-hydrogen) atoms. The van der Waals surface area contributed by atoms with E-state index in [2.05, 4.69) is 24.4 Å². The number of benzene rings is 2. The number of amides is 1. The van der Waals surface area contributed by atoms with E-state index in [-0.39, 0.29) is 11.9 Å². The number of nitrogens with one attached hydrogen (secondary N) is 1. The van der Waals surface area contributed by atoms with Gasteiger partial charge >= 0.3 is 0 Å². The first-order valence-electron chi connectivity index (χ1n) is 7.25. The van der Waals surface area contributed by atoms with Gasteiger partial charge in [-0.15, -0.1) is 0 Å². The second-order valence-electron chi connectivity index (χ2n) is 5.56. The third-order valence-corrected chi connectivity index (χ3v) is 3.88. The Morgan fingerprint density at radius 2 is 1.90 bits per heavy atom. The van der Waals surface area contributed by atoms with Crippen molar-refractivity contribution >= 4 is 5.91 Å². The molecule has 1 aliphatic heterocycles. The lowest BCUT2D eigenvalue weighted by atomic mass is 10.1. The van der Waals surface area contributed by atoms with Crippen LogP contribution in [0.4, 0.5) is 0 Å². The van der Waals surface area contributed by atoms with Gasteiger partial charge in [0.1, 0.15) is 5.75 Å². The first-order chi connectivity index (χ1) is 10.1. The standard InChI is InChI=1S/C18H19NO2/c1-12-7-9-14(10-8-12)13(2)19-18(20)17-11-15-5-3-4-6-16(15)21-17/h3-10,13,17H,11H2,1-2H3,(H,19,20). The fourth-order valence-corrected chi connectivity index (χ4v) is 2.57. The van der Waals surface area contributed by atoms with Gasteiger partial charge in [-0.05, 0) is 31.0 Å². The molecule has 0 aromatic heterocycles. The number of carbonyl (C=O) groups is 1. The summed E-state index contributed by atoms with van der Waals surface area (Å²) in [4.78, 5) is 12.3. The average molecular weight is 281 g/mol. The van der Waals surface area contributed by atoms with E-state index in [1.807, 2.05) is 43.3 Å². The summed E-state index contributed by atoms with van der Waals surface area (Å²) in [5.41, 5.74) is 3.41. The van der Waals surface area contributed by atoms with Crippen LogP contribution in [0.15, 0.2) is 48.5 Å². The van der Waals surface area contributed by atoms with Crippen LogP contribution >= 0.6 is 0 Å². The van der Waals surface area contributed by atoms with Crippen LogP contribution < -0.4 is 10.1 Å². The predicted octanol–water partition coefficient (Wildman–Crippen LogP) is 3.18. The van der Waals surface area contributed by atoms with Crippen molar-refractivity contribution in [3.8, 4) is 5.75 Å². The highest BCUT2D eigenvalue weighted by molar-refractivity contribution is 5.82. The Labute approximate surface area is 124 Å². The Kier molecular flexibility index (Phi) is 3.65. The molecule has 2 atom stereocenters. The van der Waals surface area contributed by atoms with E-state index in [1.54, 1.807) is 0 Å². The molecule has 0 saturated heterocycles. The Hall–Kier alpha value is -2.29. The molecule has 0 fully saturated rings. The quantitative estimate of drug-likeness (QED) is 0.938. The van der Waals surface area contributed by atoms with Gasteiger partial charge in [-0.1, -0.05) is 48.0 Å². The van der Waals surface area contributed by atoms with Crippen LogP contribution in [0.2, 0.25) is 0 Å². The number of ether oxygens (including phenoxy) is 1. The molecule has 2 unspecified atom stereocenters. The average Bonchev–Trinajstić information content (AvgIpc) is 2.92. The third kappa shape index (κ3) is 2.92. The van der Waals surface area contributed by atoms with Gasteiger partial charge in [-0.2, -0.15) is 0 Å². The molecule has 0 radical (unpaired) electrons. The molecule has 0 bridgehead atoms. The van der Waals surface area contributed by atoms with Gasteiger partial charge in [0.25, 0.3) is 5.91 Å². The lowest BCUT2D eigenvalue weighted by Crippen LogP contribution is -2.38. The molecule has 0 aliphatic carbocycles. The third-order valence-electron chi connectivity index (χ3n) is 3.88. The van der Waals surface area contributed by atoms with E-state index >= 15 is 0 Å². The monoisotopic (exact) mass is 281 g/mol.